The van der Waals surface area contributed by atoms with Crippen molar-refractivity contribution in [2.24, 2.45) is 0 Å². The zero-order valence-corrected chi connectivity index (χ0v) is 16.2. The average Bonchev–Trinajstić information content (AvgIpc) is 2.74. The van der Waals surface area contributed by atoms with Crippen LogP contribution in [0.25, 0.3) is 0 Å². The van der Waals surface area contributed by atoms with Crippen molar-refractivity contribution in [3.05, 3.63) is 29.8 Å². The molecule has 1 aliphatic heterocycles. The Kier molecular flexibility index (Phi) is 6.85. The van der Waals surface area contributed by atoms with E-state index in [0.29, 0.717) is 25.9 Å². The summed E-state index contributed by atoms with van der Waals surface area (Å²) in [5.41, 5.74) is 1.70. The number of nitrogens with zero attached hydrogens (tertiary/aromatic N) is 3. The van der Waals surface area contributed by atoms with E-state index in [2.05, 4.69) is 29.2 Å². The zero-order chi connectivity index (χ0) is 18.4. The van der Waals surface area contributed by atoms with Crippen molar-refractivity contribution in [1.29, 1.82) is 0 Å². The smallest absolute Gasteiger partial charge is 0.222 e. The first-order valence-corrected chi connectivity index (χ1v) is 9.20. The Morgan fingerprint density at radius 1 is 1.12 bits per heavy atom. The quantitative estimate of drug-likeness (QED) is 0.855. The molecule has 1 N–H and O–H groups in total. The molecule has 0 aliphatic carbocycles. The van der Waals surface area contributed by atoms with Crippen molar-refractivity contribution >= 4 is 11.6 Å². The number of hydrogen-bond acceptors (Lipinski definition) is 4. The molecular formula is C20H33N3O2. The second kappa shape index (κ2) is 8.68. The van der Waals surface area contributed by atoms with Gasteiger partial charge in [-0.1, -0.05) is 12.1 Å². The molecular weight excluding hydrogens is 314 g/mol. The van der Waals surface area contributed by atoms with Gasteiger partial charge in [0.05, 0.1) is 5.60 Å². The minimum absolute atomic E-state index is 0.200. The van der Waals surface area contributed by atoms with Gasteiger partial charge in [-0.25, -0.2) is 0 Å². The number of benzene rings is 1. The van der Waals surface area contributed by atoms with Crippen LogP contribution in [0.2, 0.25) is 0 Å². The van der Waals surface area contributed by atoms with Gasteiger partial charge in [0.25, 0.3) is 0 Å². The first kappa shape index (κ1) is 19.7. The van der Waals surface area contributed by atoms with Gasteiger partial charge in [-0.2, -0.15) is 0 Å². The third kappa shape index (κ3) is 6.01. The molecule has 0 saturated carbocycles. The number of likely N-dealkylation sites (tertiary alicyclic amines) is 1. The number of likely N-dealkylation sites (N-methyl/N-ethyl adjacent to an activating group) is 1. The molecule has 0 spiro atoms. The number of carbonyl (C=O) groups is 1. The Hall–Kier alpha value is -1.59. The summed E-state index contributed by atoms with van der Waals surface area (Å²) >= 11 is 0. The Balaban J connectivity index is 1.84. The fraction of sp³-hybridized carbons (Fsp3) is 0.650. The van der Waals surface area contributed by atoms with Crippen LogP contribution in [0.1, 0.15) is 31.2 Å². The van der Waals surface area contributed by atoms with Crippen molar-refractivity contribution in [1.82, 2.24) is 9.80 Å². The minimum Gasteiger partial charge on any atom is -0.388 e. The van der Waals surface area contributed by atoms with Gasteiger partial charge in [0.1, 0.15) is 0 Å². The Bertz CT molecular complexity index is 557. The largest absolute Gasteiger partial charge is 0.388 e. The zero-order valence-electron chi connectivity index (χ0n) is 16.2. The number of carbonyl (C=O) groups excluding carboxylic acids is 1. The van der Waals surface area contributed by atoms with E-state index < -0.39 is 5.60 Å². The van der Waals surface area contributed by atoms with E-state index in [1.165, 1.54) is 11.3 Å². The van der Waals surface area contributed by atoms with Crippen LogP contribution < -0.4 is 4.90 Å². The maximum Gasteiger partial charge on any atom is 0.222 e. The molecule has 140 valence electrons. The monoisotopic (exact) mass is 347 g/mol. The summed E-state index contributed by atoms with van der Waals surface area (Å²) in [5, 5.41) is 10.7. The van der Waals surface area contributed by atoms with Gasteiger partial charge in [0, 0.05) is 45.8 Å². The Morgan fingerprint density at radius 2 is 1.80 bits per heavy atom. The van der Waals surface area contributed by atoms with Crippen molar-refractivity contribution in [2.75, 3.05) is 52.7 Å². The summed E-state index contributed by atoms with van der Waals surface area (Å²) in [5.74, 6) is 0.200. The van der Waals surface area contributed by atoms with Crippen LogP contribution >= 0.6 is 0 Å². The molecule has 0 aromatic heterocycles. The van der Waals surface area contributed by atoms with Crippen LogP contribution in [0, 0.1) is 0 Å². The Labute approximate surface area is 152 Å². The normalized spacial score (nSPS) is 21.3. The summed E-state index contributed by atoms with van der Waals surface area (Å²) < 4.78 is 0. The molecule has 1 fully saturated rings. The third-order valence-electron chi connectivity index (χ3n) is 4.96. The molecule has 1 aromatic carbocycles. The lowest BCUT2D eigenvalue weighted by Gasteiger charge is -2.30. The van der Waals surface area contributed by atoms with Gasteiger partial charge in [-0.05, 0) is 57.5 Å². The fourth-order valence-corrected chi connectivity index (χ4v) is 3.55. The van der Waals surface area contributed by atoms with Crippen LogP contribution in [-0.2, 0) is 11.2 Å². The molecule has 5 heteroatoms. The highest BCUT2D eigenvalue weighted by atomic mass is 16.3. The fourth-order valence-electron chi connectivity index (χ4n) is 3.55. The highest BCUT2D eigenvalue weighted by molar-refractivity contribution is 5.76. The second-order valence-corrected chi connectivity index (χ2v) is 7.76. The van der Waals surface area contributed by atoms with E-state index in [1.54, 1.807) is 0 Å². The Morgan fingerprint density at radius 3 is 2.40 bits per heavy atom. The highest BCUT2D eigenvalue weighted by Crippen LogP contribution is 2.23. The summed E-state index contributed by atoms with van der Waals surface area (Å²) in [7, 11) is 8.01. The standard InChI is InChI=1S/C20H33N3O2/c1-21(2)16-20(25)12-5-14-23(15-13-20)19(24)11-8-17-6-9-18(10-7-17)22(3)4/h6-7,9-10,25H,5,8,11-16H2,1-4H3. The van der Waals surface area contributed by atoms with E-state index in [-0.39, 0.29) is 5.91 Å². The summed E-state index contributed by atoms with van der Waals surface area (Å²) in [6.45, 7) is 2.07. The molecule has 1 atom stereocenters. The van der Waals surface area contributed by atoms with Crippen molar-refractivity contribution in [3.8, 4) is 0 Å². The van der Waals surface area contributed by atoms with Crippen LogP contribution in [0.3, 0.4) is 0 Å². The van der Waals surface area contributed by atoms with Crippen LogP contribution in [0.4, 0.5) is 5.69 Å². The van der Waals surface area contributed by atoms with Crippen LogP contribution in [0.15, 0.2) is 24.3 Å². The first-order chi connectivity index (χ1) is 11.8. The van der Waals surface area contributed by atoms with Crippen molar-refractivity contribution < 1.29 is 9.90 Å². The van der Waals surface area contributed by atoms with Crippen molar-refractivity contribution in [2.45, 2.75) is 37.7 Å². The topological polar surface area (TPSA) is 47.0 Å². The van der Waals surface area contributed by atoms with Gasteiger partial charge in [-0.3, -0.25) is 4.79 Å². The molecule has 1 saturated heterocycles. The summed E-state index contributed by atoms with van der Waals surface area (Å²) in [4.78, 5) is 18.6. The lowest BCUT2D eigenvalue weighted by molar-refractivity contribution is -0.131. The molecule has 5 nitrogen and oxygen atoms in total. The number of hydrogen-bond donors (Lipinski definition) is 1. The van der Waals surface area contributed by atoms with E-state index in [1.807, 2.05) is 38.0 Å². The molecule has 25 heavy (non-hydrogen) atoms. The second-order valence-electron chi connectivity index (χ2n) is 7.76. The van der Waals surface area contributed by atoms with E-state index in [4.69, 9.17) is 0 Å². The molecule has 0 bridgehead atoms. The minimum atomic E-state index is -0.666. The van der Waals surface area contributed by atoms with E-state index in [0.717, 1.165) is 25.8 Å². The molecule has 1 amide bonds. The average molecular weight is 348 g/mol. The maximum atomic E-state index is 12.6. The summed E-state index contributed by atoms with van der Waals surface area (Å²) in [6, 6.07) is 8.38. The van der Waals surface area contributed by atoms with E-state index in [9.17, 15) is 9.90 Å². The van der Waals surface area contributed by atoms with Gasteiger partial charge in [-0.15, -0.1) is 0 Å². The van der Waals surface area contributed by atoms with Crippen LogP contribution in [-0.4, -0.2) is 74.2 Å². The van der Waals surface area contributed by atoms with Gasteiger partial charge >= 0.3 is 0 Å². The summed E-state index contributed by atoms with van der Waals surface area (Å²) in [6.07, 6.45) is 3.60. The lowest BCUT2D eigenvalue weighted by Crippen LogP contribution is -2.41. The van der Waals surface area contributed by atoms with Crippen molar-refractivity contribution in [3.63, 3.8) is 0 Å². The number of aryl methyl sites for hydroxylation is 1. The molecule has 1 aliphatic rings. The third-order valence-corrected chi connectivity index (χ3v) is 4.96. The van der Waals surface area contributed by atoms with Gasteiger partial charge in [0.2, 0.25) is 5.91 Å². The van der Waals surface area contributed by atoms with Crippen LogP contribution in [0.5, 0.6) is 0 Å². The molecule has 1 aromatic rings. The number of amides is 1. The predicted octanol–water partition coefficient (Wildman–Crippen LogP) is 1.99. The number of aliphatic hydroxyl groups is 1. The molecule has 2 rings (SSSR count). The number of anilines is 1. The highest BCUT2D eigenvalue weighted by Gasteiger charge is 2.31. The van der Waals surface area contributed by atoms with Gasteiger partial charge < -0.3 is 19.8 Å². The lowest BCUT2D eigenvalue weighted by atomic mass is 9.94. The molecule has 0 radical (unpaired) electrons. The SMILES string of the molecule is CN(C)CC1(O)CCCN(C(=O)CCc2ccc(N(C)C)cc2)CC1. The predicted molar refractivity (Wildman–Crippen MR) is 103 cm³/mol. The molecule has 1 unspecified atom stereocenters. The molecule has 1 heterocycles. The number of rotatable bonds is 6. The first-order valence-electron chi connectivity index (χ1n) is 9.20. The van der Waals surface area contributed by atoms with Gasteiger partial charge in [0.15, 0.2) is 0 Å². The van der Waals surface area contributed by atoms with E-state index >= 15 is 0 Å². The maximum absolute atomic E-state index is 12.6.